The van der Waals surface area contributed by atoms with Gasteiger partial charge in [0.15, 0.2) is 0 Å². The average Bonchev–Trinajstić information content (AvgIpc) is 2.73. The van der Waals surface area contributed by atoms with Gasteiger partial charge in [0.1, 0.15) is 6.04 Å². The van der Waals surface area contributed by atoms with Crippen LogP contribution < -0.4 is 9.21 Å². The third kappa shape index (κ3) is 5.08. The molecule has 6 nitrogen and oxygen atoms in total. The Morgan fingerprint density at radius 3 is 1.91 bits per heavy atom. The molecule has 4 rings (SSSR count). The summed E-state index contributed by atoms with van der Waals surface area (Å²) < 4.78 is 26.6. The van der Waals surface area contributed by atoms with Crippen LogP contribution >= 0.6 is 23.2 Å². The van der Waals surface area contributed by atoms with Gasteiger partial charge in [-0.2, -0.15) is 0 Å². The first-order valence-corrected chi connectivity index (χ1v) is 12.9. The first-order chi connectivity index (χ1) is 16.0. The van der Waals surface area contributed by atoms with Crippen LogP contribution in [-0.2, 0) is 10.0 Å². The molecule has 3 aromatic carbocycles. The maximum Gasteiger partial charge on any atom is 0.335 e. The summed E-state index contributed by atoms with van der Waals surface area (Å²) in [6.07, 6.45) is 2.90. The Kier molecular flexibility index (Phi) is 6.64. The summed E-state index contributed by atoms with van der Waals surface area (Å²) in [5.41, 5.74) is 3.37. The Morgan fingerprint density at radius 2 is 1.47 bits per heavy atom. The van der Waals surface area contributed by atoms with Crippen molar-refractivity contribution in [3.63, 3.8) is 0 Å². The minimum atomic E-state index is -3.73. The lowest BCUT2D eigenvalue weighted by molar-refractivity contribution is -0.856. The van der Waals surface area contributed by atoms with E-state index in [1.807, 2.05) is 48.5 Å². The molecule has 0 bridgehead atoms. The SMILES string of the molecule is Cc1cc(C(=O)O)cc(N(C2=C[NH+](C(c3ccc(Cl)cc3)c3ccc(Cl)cc3)[CH-]2)S(C)(=O)=O)c1. The number of rotatable bonds is 7. The minimum absolute atomic E-state index is 0.0213. The molecule has 0 saturated heterocycles. The fourth-order valence-corrected chi connectivity index (χ4v) is 5.26. The number of carbonyl (C=O) groups is 1. The van der Waals surface area contributed by atoms with Crippen LogP contribution in [0.3, 0.4) is 0 Å². The zero-order chi connectivity index (χ0) is 24.6. The molecule has 0 fully saturated rings. The molecule has 0 saturated carbocycles. The summed E-state index contributed by atoms with van der Waals surface area (Å²) in [6, 6.07) is 19.3. The lowest BCUT2D eigenvalue weighted by Crippen LogP contribution is -3.10. The topological polar surface area (TPSA) is 79.1 Å². The molecule has 2 N–H and O–H groups in total. The highest BCUT2D eigenvalue weighted by molar-refractivity contribution is 7.92. The molecule has 1 atom stereocenters. The number of nitrogens with one attached hydrogen (secondary N) is 1. The van der Waals surface area contributed by atoms with Crippen molar-refractivity contribution >= 4 is 44.9 Å². The predicted molar refractivity (Wildman–Crippen MR) is 134 cm³/mol. The van der Waals surface area contributed by atoms with Gasteiger partial charge in [0.2, 0.25) is 10.0 Å². The zero-order valence-corrected chi connectivity index (χ0v) is 20.7. The molecule has 0 aliphatic carbocycles. The first-order valence-electron chi connectivity index (χ1n) is 10.3. The van der Waals surface area contributed by atoms with E-state index in [-0.39, 0.29) is 17.3 Å². The van der Waals surface area contributed by atoms with E-state index in [4.69, 9.17) is 23.2 Å². The fraction of sp³-hybridized carbons (Fsp3) is 0.120. The number of quaternary nitrogens is 1. The maximum atomic E-state index is 12.7. The monoisotopic (exact) mass is 516 g/mol. The third-order valence-corrected chi connectivity index (χ3v) is 7.07. The molecule has 1 aliphatic heterocycles. The van der Waals surface area contributed by atoms with Crippen molar-refractivity contribution in [3.05, 3.63) is 117 Å². The number of halogens is 2. The van der Waals surface area contributed by atoms with Crippen molar-refractivity contribution in [2.75, 3.05) is 10.6 Å². The lowest BCUT2D eigenvalue weighted by atomic mass is 9.95. The Hall–Kier alpha value is -2.97. The van der Waals surface area contributed by atoms with Crippen LogP contribution in [0.25, 0.3) is 0 Å². The summed E-state index contributed by atoms with van der Waals surface area (Å²) in [6.45, 7) is 3.53. The molecule has 34 heavy (non-hydrogen) atoms. The van der Waals surface area contributed by atoms with Crippen molar-refractivity contribution in [3.8, 4) is 0 Å². The number of carboxylic acid groups (broad SMARTS) is 1. The second kappa shape index (κ2) is 9.35. The Bertz CT molecular complexity index is 1330. The normalized spacial score (nSPS) is 15.3. The molecule has 3 aromatic rings. The first kappa shape index (κ1) is 24.2. The van der Waals surface area contributed by atoms with Crippen LogP contribution in [0.1, 0.15) is 33.1 Å². The number of hydrogen-bond acceptors (Lipinski definition) is 3. The van der Waals surface area contributed by atoms with Crippen molar-refractivity contribution in [1.29, 1.82) is 0 Å². The number of sulfonamides is 1. The van der Waals surface area contributed by atoms with E-state index in [9.17, 15) is 18.3 Å². The molecule has 1 aliphatic rings. The molecule has 0 aromatic heterocycles. The van der Waals surface area contributed by atoms with Gasteiger partial charge in [0.25, 0.3) is 0 Å². The van der Waals surface area contributed by atoms with Crippen LogP contribution in [0.5, 0.6) is 0 Å². The Balaban J connectivity index is 1.75. The molecule has 0 spiro atoms. The molecule has 0 amide bonds. The van der Waals surface area contributed by atoms with E-state index < -0.39 is 16.0 Å². The smallest absolute Gasteiger partial charge is 0.335 e. The molecular weight excluding hydrogens is 495 g/mol. The van der Waals surface area contributed by atoms with Gasteiger partial charge in [-0.15, -0.1) is 0 Å². The summed E-state index contributed by atoms with van der Waals surface area (Å²) >= 11 is 12.2. The Labute approximate surface area is 208 Å². The second-order valence-corrected chi connectivity index (χ2v) is 10.8. The number of aryl methyl sites for hydroxylation is 1. The standard InChI is InChI=1S/C25H22Cl2N2O4S/c1-16-11-19(25(30)31)13-22(12-16)29(34(2,32)33)23-14-28(15-23)24(17-3-7-20(26)8-4-17)18-5-9-21(27)10-6-18/h3-15,24,28H,1-2H3,(H,30,31). The van der Waals surface area contributed by atoms with Gasteiger partial charge < -0.3 is 10.0 Å². The van der Waals surface area contributed by atoms with Gasteiger partial charge in [0, 0.05) is 21.2 Å². The van der Waals surface area contributed by atoms with Gasteiger partial charge in [-0.05, 0) is 73.4 Å². The number of anilines is 1. The quantitative estimate of drug-likeness (QED) is 0.454. The van der Waals surface area contributed by atoms with E-state index >= 15 is 0 Å². The predicted octanol–water partition coefficient (Wildman–Crippen LogP) is 4.46. The largest absolute Gasteiger partial charge is 0.478 e. The summed E-state index contributed by atoms with van der Waals surface area (Å²) in [4.78, 5) is 12.4. The van der Waals surface area contributed by atoms with Gasteiger partial charge in [-0.3, -0.25) is 4.31 Å². The van der Waals surface area contributed by atoms with Crippen LogP contribution in [0.15, 0.2) is 78.6 Å². The molecular formula is C25H22Cl2N2O4S. The number of benzene rings is 3. The average molecular weight is 517 g/mol. The number of nitrogens with zero attached hydrogens (tertiary/aromatic N) is 1. The zero-order valence-electron chi connectivity index (χ0n) is 18.4. The molecule has 1 unspecified atom stereocenters. The van der Waals surface area contributed by atoms with Gasteiger partial charge in [0.05, 0.1) is 17.5 Å². The highest BCUT2D eigenvalue weighted by Gasteiger charge is 2.31. The highest BCUT2D eigenvalue weighted by atomic mass is 35.5. The molecule has 1 heterocycles. The van der Waals surface area contributed by atoms with E-state index in [0.29, 0.717) is 21.3 Å². The molecule has 0 radical (unpaired) electrons. The van der Waals surface area contributed by atoms with Gasteiger partial charge in [-0.1, -0.05) is 47.5 Å². The van der Waals surface area contributed by atoms with Crippen molar-refractivity contribution < 1.29 is 23.2 Å². The van der Waals surface area contributed by atoms with Crippen LogP contribution in [0.4, 0.5) is 5.69 Å². The van der Waals surface area contributed by atoms with Crippen molar-refractivity contribution in [1.82, 2.24) is 0 Å². The fourth-order valence-electron chi connectivity index (χ4n) is 4.04. The number of hydrogen-bond donors (Lipinski definition) is 2. The van der Waals surface area contributed by atoms with Crippen LogP contribution in [-0.4, -0.2) is 25.7 Å². The van der Waals surface area contributed by atoms with Crippen molar-refractivity contribution in [2.24, 2.45) is 0 Å². The van der Waals surface area contributed by atoms with Gasteiger partial charge in [-0.25, -0.2) is 13.2 Å². The van der Waals surface area contributed by atoms with E-state index in [1.54, 1.807) is 25.7 Å². The van der Waals surface area contributed by atoms with Crippen molar-refractivity contribution in [2.45, 2.75) is 13.0 Å². The third-order valence-electron chi connectivity index (χ3n) is 5.48. The van der Waals surface area contributed by atoms with Crippen LogP contribution in [0.2, 0.25) is 10.0 Å². The number of carboxylic acids is 1. The van der Waals surface area contributed by atoms with E-state index in [2.05, 4.69) is 0 Å². The second-order valence-electron chi connectivity index (χ2n) is 8.14. The van der Waals surface area contributed by atoms with Crippen LogP contribution in [0, 0.1) is 13.5 Å². The Morgan fingerprint density at radius 1 is 0.971 bits per heavy atom. The summed E-state index contributed by atoms with van der Waals surface area (Å²) in [7, 11) is -3.73. The maximum absolute atomic E-state index is 12.7. The highest BCUT2D eigenvalue weighted by Crippen LogP contribution is 2.30. The van der Waals surface area contributed by atoms with Gasteiger partial charge >= 0.3 is 5.97 Å². The van der Waals surface area contributed by atoms with E-state index in [1.165, 1.54) is 12.1 Å². The molecule has 9 heteroatoms. The lowest BCUT2D eigenvalue weighted by Gasteiger charge is -2.45. The summed E-state index contributed by atoms with van der Waals surface area (Å²) in [5, 5.41) is 10.7. The van der Waals surface area contributed by atoms with E-state index in [0.717, 1.165) is 26.6 Å². The summed E-state index contributed by atoms with van der Waals surface area (Å²) in [5.74, 6) is -1.12. The molecule has 176 valence electrons. The minimum Gasteiger partial charge on any atom is -0.478 e. The number of aromatic carboxylic acids is 1.